The number of amides is 2. The molecule has 0 bridgehead atoms. The molecule has 0 radical (unpaired) electrons. The highest BCUT2D eigenvalue weighted by Gasteiger charge is 2.39. The lowest BCUT2D eigenvalue weighted by Crippen LogP contribution is -2.54. The van der Waals surface area contributed by atoms with Gasteiger partial charge in [0, 0.05) is 12.6 Å². The summed E-state index contributed by atoms with van der Waals surface area (Å²) < 4.78 is 0. The van der Waals surface area contributed by atoms with E-state index in [-0.39, 0.29) is 17.9 Å². The third-order valence-electron chi connectivity index (χ3n) is 6.03. The van der Waals surface area contributed by atoms with Gasteiger partial charge in [-0.15, -0.1) is 0 Å². The van der Waals surface area contributed by atoms with Crippen LogP contribution in [-0.4, -0.2) is 52.6 Å². The summed E-state index contributed by atoms with van der Waals surface area (Å²) >= 11 is 0. The van der Waals surface area contributed by atoms with E-state index in [1.54, 1.807) is 4.90 Å². The van der Waals surface area contributed by atoms with Gasteiger partial charge in [-0.3, -0.25) is 9.59 Å². The highest BCUT2D eigenvalue weighted by Crippen LogP contribution is 2.23. The SMILES string of the molecule is N[C@@H](Cc1ccccc1)C(=O)N1CCC[C@H]1C(O)C(=O)NC1CCCCCC1. The topological polar surface area (TPSA) is 95.7 Å². The largest absolute Gasteiger partial charge is 0.381 e. The molecule has 28 heavy (non-hydrogen) atoms. The van der Waals surface area contributed by atoms with Crippen molar-refractivity contribution >= 4 is 11.8 Å². The van der Waals surface area contributed by atoms with Crippen molar-refractivity contribution in [2.24, 2.45) is 5.73 Å². The van der Waals surface area contributed by atoms with Gasteiger partial charge in [0.15, 0.2) is 6.10 Å². The molecule has 2 aliphatic rings. The van der Waals surface area contributed by atoms with Crippen molar-refractivity contribution in [3.05, 3.63) is 35.9 Å². The molecule has 154 valence electrons. The number of nitrogens with one attached hydrogen (secondary N) is 1. The zero-order chi connectivity index (χ0) is 19.9. The second-order valence-corrected chi connectivity index (χ2v) is 8.18. The molecule has 0 aromatic heterocycles. The number of carbonyl (C=O) groups is 2. The van der Waals surface area contributed by atoms with Crippen molar-refractivity contribution in [3.63, 3.8) is 0 Å². The number of nitrogens with two attached hydrogens (primary N) is 1. The second-order valence-electron chi connectivity index (χ2n) is 8.18. The number of aliphatic hydroxyl groups excluding tert-OH is 1. The standard InChI is InChI=1S/C22H33N3O3/c23-18(15-16-9-4-3-5-10-16)22(28)25-14-8-13-19(25)20(26)21(27)24-17-11-6-1-2-7-12-17/h3-5,9-10,17-20,26H,1-2,6-8,11-15,23H2,(H,24,27)/t18-,19-,20?/m0/s1. The van der Waals surface area contributed by atoms with Crippen LogP contribution in [0.15, 0.2) is 30.3 Å². The average molecular weight is 388 g/mol. The predicted molar refractivity (Wildman–Crippen MR) is 108 cm³/mol. The van der Waals surface area contributed by atoms with E-state index in [0.717, 1.165) is 37.7 Å². The summed E-state index contributed by atoms with van der Waals surface area (Å²) in [5.74, 6) is -0.541. The van der Waals surface area contributed by atoms with Gasteiger partial charge in [-0.2, -0.15) is 0 Å². The zero-order valence-electron chi connectivity index (χ0n) is 16.6. The van der Waals surface area contributed by atoms with Crippen LogP contribution < -0.4 is 11.1 Å². The number of carbonyl (C=O) groups excluding carboxylic acids is 2. The molecule has 1 aliphatic carbocycles. The lowest BCUT2D eigenvalue weighted by atomic mass is 10.0. The minimum absolute atomic E-state index is 0.135. The Morgan fingerprint density at radius 3 is 2.43 bits per heavy atom. The summed E-state index contributed by atoms with van der Waals surface area (Å²) in [5, 5.41) is 13.7. The smallest absolute Gasteiger partial charge is 0.251 e. The summed E-state index contributed by atoms with van der Waals surface area (Å²) in [6.07, 6.45) is 7.24. The van der Waals surface area contributed by atoms with Gasteiger partial charge in [0.05, 0.1) is 12.1 Å². The summed E-state index contributed by atoms with van der Waals surface area (Å²) in [5.41, 5.74) is 7.17. The predicted octanol–water partition coefficient (Wildman–Crippen LogP) is 1.75. The first-order valence-corrected chi connectivity index (χ1v) is 10.6. The molecule has 2 amide bonds. The van der Waals surface area contributed by atoms with Crippen LogP contribution in [0.5, 0.6) is 0 Å². The van der Waals surface area contributed by atoms with Gasteiger partial charge in [-0.25, -0.2) is 0 Å². The minimum Gasteiger partial charge on any atom is -0.381 e. The quantitative estimate of drug-likeness (QED) is 0.648. The van der Waals surface area contributed by atoms with E-state index in [9.17, 15) is 14.7 Å². The van der Waals surface area contributed by atoms with Crippen molar-refractivity contribution in [2.75, 3.05) is 6.54 Å². The maximum absolute atomic E-state index is 12.9. The first-order chi connectivity index (χ1) is 13.6. The van der Waals surface area contributed by atoms with Crippen LogP contribution in [-0.2, 0) is 16.0 Å². The van der Waals surface area contributed by atoms with Crippen LogP contribution in [0.25, 0.3) is 0 Å². The molecule has 1 unspecified atom stereocenters. The van der Waals surface area contributed by atoms with Gasteiger partial charge in [-0.1, -0.05) is 56.0 Å². The molecule has 3 rings (SSSR count). The Hall–Kier alpha value is -1.92. The molecule has 1 saturated heterocycles. The van der Waals surface area contributed by atoms with Crippen LogP contribution in [0.3, 0.4) is 0 Å². The van der Waals surface area contributed by atoms with E-state index < -0.39 is 18.2 Å². The minimum atomic E-state index is -1.20. The highest BCUT2D eigenvalue weighted by atomic mass is 16.3. The molecule has 1 aliphatic heterocycles. The number of aliphatic hydroxyl groups is 1. The molecule has 6 heteroatoms. The van der Waals surface area contributed by atoms with Gasteiger partial charge in [0.25, 0.3) is 5.91 Å². The van der Waals surface area contributed by atoms with Gasteiger partial charge in [0.1, 0.15) is 0 Å². The molecule has 2 fully saturated rings. The molecule has 1 heterocycles. The van der Waals surface area contributed by atoms with E-state index >= 15 is 0 Å². The van der Waals surface area contributed by atoms with Crippen molar-refractivity contribution in [1.29, 1.82) is 0 Å². The number of benzene rings is 1. The van der Waals surface area contributed by atoms with E-state index in [4.69, 9.17) is 5.73 Å². The van der Waals surface area contributed by atoms with E-state index in [1.807, 2.05) is 30.3 Å². The Morgan fingerprint density at radius 2 is 1.75 bits per heavy atom. The van der Waals surface area contributed by atoms with Crippen LogP contribution in [0, 0.1) is 0 Å². The molecule has 1 aromatic carbocycles. The highest BCUT2D eigenvalue weighted by molar-refractivity contribution is 5.85. The van der Waals surface area contributed by atoms with Gasteiger partial charge >= 0.3 is 0 Å². The molecular weight excluding hydrogens is 354 g/mol. The van der Waals surface area contributed by atoms with Gasteiger partial charge in [0.2, 0.25) is 5.91 Å². The molecule has 0 spiro atoms. The average Bonchev–Trinajstić information content (AvgIpc) is 3.05. The van der Waals surface area contributed by atoms with Crippen LogP contribution in [0.4, 0.5) is 0 Å². The van der Waals surface area contributed by atoms with Gasteiger partial charge < -0.3 is 21.1 Å². The Labute approximate surface area is 167 Å². The lowest BCUT2D eigenvalue weighted by Gasteiger charge is -2.31. The van der Waals surface area contributed by atoms with Gasteiger partial charge in [-0.05, 0) is 37.7 Å². The van der Waals surface area contributed by atoms with Crippen LogP contribution in [0.1, 0.15) is 56.9 Å². The van der Waals surface area contributed by atoms with Crippen LogP contribution in [0.2, 0.25) is 0 Å². The molecule has 3 atom stereocenters. The number of hydrogen-bond acceptors (Lipinski definition) is 4. The second kappa shape index (κ2) is 10.0. The number of likely N-dealkylation sites (tertiary alicyclic amines) is 1. The van der Waals surface area contributed by atoms with Crippen molar-refractivity contribution in [3.8, 4) is 0 Å². The lowest BCUT2D eigenvalue weighted by molar-refractivity contribution is -0.140. The normalized spacial score (nSPS) is 23.1. The molecule has 6 nitrogen and oxygen atoms in total. The maximum Gasteiger partial charge on any atom is 0.251 e. The Balaban J connectivity index is 1.57. The van der Waals surface area contributed by atoms with Crippen molar-refractivity contribution in [1.82, 2.24) is 10.2 Å². The van der Waals surface area contributed by atoms with E-state index in [0.29, 0.717) is 19.4 Å². The van der Waals surface area contributed by atoms with Crippen molar-refractivity contribution in [2.45, 2.75) is 82.0 Å². The fourth-order valence-electron chi connectivity index (χ4n) is 4.45. The third-order valence-corrected chi connectivity index (χ3v) is 6.03. The maximum atomic E-state index is 12.9. The molecule has 1 saturated carbocycles. The summed E-state index contributed by atoms with van der Waals surface area (Å²) in [4.78, 5) is 27.1. The van der Waals surface area contributed by atoms with Crippen LogP contribution >= 0.6 is 0 Å². The Morgan fingerprint density at radius 1 is 1.07 bits per heavy atom. The number of nitrogens with zero attached hydrogens (tertiary/aromatic N) is 1. The summed E-state index contributed by atoms with van der Waals surface area (Å²) in [6.45, 7) is 0.541. The third kappa shape index (κ3) is 5.32. The fourth-order valence-corrected chi connectivity index (χ4v) is 4.45. The van der Waals surface area contributed by atoms with E-state index in [2.05, 4.69) is 5.32 Å². The molecular formula is C22H33N3O3. The summed E-state index contributed by atoms with van der Waals surface area (Å²) in [7, 11) is 0. The first-order valence-electron chi connectivity index (χ1n) is 10.6. The monoisotopic (exact) mass is 387 g/mol. The Bertz CT molecular complexity index is 644. The number of rotatable bonds is 6. The Kier molecular flexibility index (Phi) is 7.45. The zero-order valence-corrected chi connectivity index (χ0v) is 16.6. The first kappa shape index (κ1) is 20.8. The molecule has 1 aromatic rings. The van der Waals surface area contributed by atoms with Crippen molar-refractivity contribution < 1.29 is 14.7 Å². The van der Waals surface area contributed by atoms with E-state index in [1.165, 1.54) is 12.8 Å². The molecule has 4 N–H and O–H groups in total. The fraction of sp³-hybridized carbons (Fsp3) is 0.636. The number of hydrogen-bond donors (Lipinski definition) is 3. The summed E-state index contributed by atoms with van der Waals surface area (Å²) in [6, 6.07) is 8.65.